The number of carbonyl (C=O) groups is 3. The monoisotopic (exact) mass is 655 g/mol. The summed E-state index contributed by atoms with van der Waals surface area (Å²) in [5.41, 5.74) is 3.32. The van der Waals surface area contributed by atoms with Crippen molar-refractivity contribution in [2.45, 2.75) is 91.2 Å². The topological polar surface area (TPSA) is 101 Å². The summed E-state index contributed by atoms with van der Waals surface area (Å²) < 4.78 is 0. The van der Waals surface area contributed by atoms with E-state index in [1.54, 1.807) is 33.8 Å². The molecule has 0 spiro atoms. The largest absolute Gasteiger partial charge is 0.395 e. The van der Waals surface area contributed by atoms with Crippen molar-refractivity contribution < 1.29 is 24.6 Å². The maximum atomic E-state index is 14.2. The average Bonchev–Trinajstić information content (AvgIpc) is 3.27. The van der Waals surface area contributed by atoms with Crippen LogP contribution in [0.1, 0.15) is 90.2 Å². The molecule has 0 aromatic heterocycles. The number of aliphatic hydroxyl groups is 2. The number of hydrogen-bond donors (Lipinski definition) is 2. The number of benzene rings is 2. The van der Waals surface area contributed by atoms with Gasteiger partial charge in [0.15, 0.2) is 5.60 Å². The standard InChI is InChI=1S/C40H53N3O5/c1-30(2)14-12-15-31(3)23-25-43-36-22-21-34(42-24-11-6-5-10-19-38(42)46)28-35(36)40(48,39(43)47)32(4)16-13-20-37(45)41(26-27-44)29-33-17-8-7-9-18-33/h7-9,13-14,16-18,21-23,28,32,44,48H,5-6,10-12,15,19-20,24-27,29H2,1-4H3/b16-13+,31-23+/t32-,40+/m1/s1. The molecule has 0 unspecified atom stereocenters. The Morgan fingerprint density at radius 2 is 1.77 bits per heavy atom. The van der Waals surface area contributed by atoms with E-state index in [0.717, 1.165) is 49.7 Å². The second kappa shape index (κ2) is 17.4. The summed E-state index contributed by atoms with van der Waals surface area (Å²) in [7, 11) is 0. The van der Waals surface area contributed by atoms with Crippen LogP contribution in [-0.4, -0.2) is 59.1 Å². The molecule has 2 aromatic rings. The highest BCUT2D eigenvalue weighted by molar-refractivity contribution is 6.08. The number of hydrogen-bond acceptors (Lipinski definition) is 5. The van der Waals surface area contributed by atoms with Gasteiger partial charge in [0.05, 0.1) is 12.3 Å². The van der Waals surface area contributed by atoms with E-state index in [2.05, 4.69) is 26.8 Å². The van der Waals surface area contributed by atoms with Crippen LogP contribution in [0.5, 0.6) is 0 Å². The van der Waals surface area contributed by atoms with Crippen LogP contribution in [0.4, 0.5) is 11.4 Å². The van der Waals surface area contributed by atoms with E-state index >= 15 is 0 Å². The first kappa shape index (κ1) is 36.8. The molecular formula is C40H53N3O5. The molecule has 0 aliphatic carbocycles. The summed E-state index contributed by atoms with van der Waals surface area (Å²) in [6, 6.07) is 15.2. The van der Waals surface area contributed by atoms with Crippen LogP contribution in [0, 0.1) is 5.92 Å². The predicted molar refractivity (Wildman–Crippen MR) is 192 cm³/mol. The maximum Gasteiger partial charge on any atom is 0.264 e. The molecule has 2 aromatic carbocycles. The molecule has 8 heteroatoms. The Bertz CT molecular complexity index is 1510. The van der Waals surface area contributed by atoms with Crippen molar-refractivity contribution in [2.24, 2.45) is 5.92 Å². The Kier molecular flexibility index (Phi) is 13.4. The number of amides is 3. The van der Waals surface area contributed by atoms with Gasteiger partial charge >= 0.3 is 0 Å². The summed E-state index contributed by atoms with van der Waals surface area (Å²) in [6.07, 6.45) is 13.9. The van der Waals surface area contributed by atoms with Crippen molar-refractivity contribution in [1.29, 1.82) is 0 Å². The van der Waals surface area contributed by atoms with Gasteiger partial charge in [0.25, 0.3) is 5.91 Å². The Morgan fingerprint density at radius 3 is 2.50 bits per heavy atom. The van der Waals surface area contributed by atoms with Crippen LogP contribution in [0.3, 0.4) is 0 Å². The molecule has 2 N–H and O–H groups in total. The van der Waals surface area contributed by atoms with Crippen LogP contribution < -0.4 is 9.80 Å². The molecule has 2 atom stereocenters. The molecule has 4 rings (SSSR count). The first-order valence-corrected chi connectivity index (χ1v) is 17.4. The van der Waals surface area contributed by atoms with Gasteiger partial charge in [-0.2, -0.15) is 0 Å². The number of allylic oxidation sites excluding steroid dienone is 3. The third-order valence-corrected chi connectivity index (χ3v) is 9.42. The molecule has 2 heterocycles. The summed E-state index contributed by atoms with van der Waals surface area (Å²) in [5.74, 6) is -1.18. The third-order valence-electron chi connectivity index (χ3n) is 9.42. The van der Waals surface area contributed by atoms with Crippen molar-refractivity contribution in [3.8, 4) is 0 Å². The summed E-state index contributed by atoms with van der Waals surface area (Å²) in [5, 5.41) is 21.9. The van der Waals surface area contributed by atoms with Gasteiger partial charge in [0.1, 0.15) is 0 Å². The van der Waals surface area contributed by atoms with Gasteiger partial charge in [0, 0.05) is 56.2 Å². The van der Waals surface area contributed by atoms with E-state index in [1.165, 1.54) is 5.57 Å². The minimum absolute atomic E-state index is 0.0590. The van der Waals surface area contributed by atoms with Crippen LogP contribution in [0.25, 0.3) is 0 Å². The third kappa shape index (κ3) is 9.11. The number of nitrogens with zero attached hydrogens (tertiary/aromatic N) is 3. The molecule has 0 bridgehead atoms. The zero-order valence-corrected chi connectivity index (χ0v) is 29.2. The number of carbonyl (C=O) groups excluding carboxylic acids is 3. The van der Waals surface area contributed by atoms with E-state index < -0.39 is 17.4 Å². The van der Waals surface area contributed by atoms with E-state index in [4.69, 9.17) is 0 Å². The van der Waals surface area contributed by atoms with Crippen molar-refractivity contribution in [3.05, 3.63) is 95.1 Å². The Hall–Kier alpha value is -4.01. The highest BCUT2D eigenvalue weighted by atomic mass is 16.3. The molecule has 2 aliphatic rings. The van der Waals surface area contributed by atoms with Crippen LogP contribution in [-0.2, 0) is 26.5 Å². The van der Waals surface area contributed by atoms with Crippen LogP contribution >= 0.6 is 0 Å². The van der Waals surface area contributed by atoms with E-state index in [0.29, 0.717) is 43.0 Å². The Labute approximate surface area is 286 Å². The zero-order valence-electron chi connectivity index (χ0n) is 29.2. The highest BCUT2D eigenvalue weighted by Gasteiger charge is 2.52. The molecule has 0 saturated carbocycles. The van der Waals surface area contributed by atoms with Gasteiger partial charge in [-0.3, -0.25) is 14.4 Å². The normalized spacial score (nSPS) is 19.2. The fourth-order valence-electron chi connectivity index (χ4n) is 6.51. The van der Waals surface area contributed by atoms with Gasteiger partial charge in [-0.05, 0) is 70.2 Å². The lowest BCUT2D eigenvalue weighted by Crippen LogP contribution is -2.44. The maximum absolute atomic E-state index is 14.2. The number of aliphatic hydroxyl groups excluding tert-OH is 1. The second-order valence-electron chi connectivity index (χ2n) is 13.4. The van der Waals surface area contributed by atoms with Crippen molar-refractivity contribution in [2.75, 3.05) is 36.0 Å². The fourth-order valence-corrected chi connectivity index (χ4v) is 6.51. The molecular weight excluding hydrogens is 602 g/mol. The summed E-state index contributed by atoms with van der Waals surface area (Å²) in [6.45, 7) is 9.37. The predicted octanol–water partition coefficient (Wildman–Crippen LogP) is 6.81. The highest BCUT2D eigenvalue weighted by Crippen LogP contribution is 2.47. The van der Waals surface area contributed by atoms with Crippen LogP contribution in [0.2, 0.25) is 0 Å². The van der Waals surface area contributed by atoms with Gasteiger partial charge in [-0.1, -0.05) is 85.5 Å². The molecule has 2 aliphatic heterocycles. The van der Waals surface area contributed by atoms with Gasteiger partial charge in [0.2, 0.25) is 11.8 Å². The lowest BCUT2D eigenvalue weighted by Gasteiger charge is -2.29. The Morgan fingerprint density at radius 1 is 1.02 bits per heavy atom. The first-order chi connectivity index (χ1) is 23.1. The molecule has 1 saturated heterocycles. The molecule has 258 valence electrons. The SMILES string of the molecule is CC(C)=CCC/C(C)=C/CN1C(=O)[C@](O)([C@H](C)/C=C/CC(=O)N(CCO)Cc2ccccc2)c2cc(N3CCCCCCC3=O)ccc21. The molecule has 8 nitrogen and oxygen atoms in total. The van der Waals surface area contributed by atoms with Gasteiger partial charge in [-0.15, -0.1) is 0 Å². The smallest absolute Gasteiger partial charge is 0.264 e. The number of fused-ring (bicyclic) bond motifs is 1. The minimum atomic E-state index is -1.88. The van der Waals surface area contributed by atoms with E-state index in [-0.39, 0.29) is 31.4 Å². The fraction of sp³-hybridized carbons (Fsp3) is 0.475. The molecule has 48 heavy (non-hydrogen) atoms. The first-order valence-electron chi connectivity index (χ1n) is 17.4. The minimum Gasteiger partial charge on any atom is -0.395 e. The number of rotatable bonds is 14. The van der Waals surface area contributed by atoms with Crippen molar-refractivity contribution in [1.82, 2.24) is 4.90 Å². The molecule has 0 radical (unpaired) electrons. The van der Waals surface area contributed by atoms with E-state index in [1.807, 2.05) is 54.6 Å². The molecule has 1 fully saturated rings. The summed E-state index contributed by atoms with van der Waals surface area (Å²) >= 11 is 0. The van der Waals surface area contributed by atoms with Gasteiger partial charge in [-0.25, -0.2) is 0 Å². The van der Waals surface area contributed by atoms with Gasteiger partial charge < -0.3 is 24.9 Å². The lowest BCUT2D eigenvalue weighted by atomic mass is 9.82. The average molecular weight is 656 g/mol. The quantitative estimate of drug-likeness (QED) is 0.218. The second-order valence-corrected chi connectivity index (χ2v) is 13.4. The summed E-state index contributed by atoms with van der Waals surface area (Å²) in [4.78, 5) is 45.6. The Balaban J connectivity index is 1.60. The van der Waals surface area contributed by atoms with E-state index in [9.17, 15) is 24.6 Å². The zero-order chi connectivity index (χ0) is 34.7. The van der Waals surface area contributed by atoms with Crippen molar-refractivity contribution in [3.63, 3.8) is 0 Å². The van der Waals surface area contributed by atoms with Crippen molar-refractivity contribution >= 4 is 29.1 Å². The number of anilines is 2. The lowest BCUT2D eigenvalue weighted by molar-refractivity contribution is -0.139. The molecule has 3 amide bonds. The van der Waals surface area contributed by atoms with Crippen LogP contribution in [0.15, 0.2) is 84.0 Å².